The Morgan fingerprint density at radius 1 is 1.38 bits per heavy atom. The van der Waals surface area contributed by atoms with E-state index in [-0.39, 0.29) is 12.5 Å². The minimum Gasteiger partial charge on any atom is -0.490 e. The molecule has 1 aliphatic rings. The molecule has 1 heterocycles. The first-order valence-electron chi connectivity index (χ1n) is 6.97. The smallest absolute Gasteiger partial charge is 0.308 e. The van der Waals surface area contributed by atoms with Crippen LogP contribution >= 0.6 is 0 Å². The molecule has 0 radical (unpaired) electrons. The number of hydrogen-bond donors (Lipinski definition) is 1. The number of carboxylic acid groups (broad SMARTS) is 1. The van der Waals surface area contributed by atoms with Crippen LogP contribution in [-0.4, -0.2) is 41.6 Å². The van der Waals surface area contributed by atoms with Crippen LogP contribution in [0.4, 0.5) is 0 Å². The van der Waals surface area contributed by atoms with Crippen LogP contribution in [0.5, 0.6) is 5.75 Å². The highest BCUT2D eigenvalue weighted by Crippen LogP contribution is 2.20. The highest BCUT2D eigenvalue weighted by atomic mass is 16.5. The van der Waals surface area contributed by atoms with E-state index >= 15 is 0 Å². The van der Waals surface area contributed by atoms with Crippen molar-refractivity contribution >= 4 is 11.9 Å². The second-order valence-electron chi connectivity index (χ2n) is 5.05. The number of likely N-dealkylation sites (tertiary alicyclic amines) is 1. The molecular weight excluding hydrogens is 270 g/mol. The lowest BCUT2D eigenvalue weighted by Crippen LogP contribution is -2.42. The summed E-state index contributed by atoms with van der Waals surface area (Å²) >= 11 is 0. The van der Waals surface area contributed by atoms with Crippen molar-refractivity contribution in [3.63, 3.8) is 0 Å². The van der Waals surface area contributed by atoms with E-state index < -0.39 is 11.9 Å². The second-order valence-corrected chi connectivity index (χ2v) is 5.05. The number of carboxylic acids is 1. The molecule has 1 aromatic rings. The Morgan fingerprint density at radius 2 is 2.10 bits per heavy atom. The van der Waals surface area contributed by atoms with Gasteiger partial charge in [0.1, 0.15) is 12.4 Å². The molecule has 1 aliphatic heterocycles. The lowest BCUT2D eigenvalue weighted by molar-refractivity contribution is -0.143. The number of carbonyl (C=O) groups is 2. The summed E-state index contributed by atoms with van der Waals surface area (Å²) in [6.07, 6.45) is 3.01. The Balaban J connectivity index is 2.02. The van der Waals surface area contributed by atoms with Gasteiger partial charge in [-0.15, -0.1) is 0 Å². The van der Waals surface area contributed by atoms with E-state index in [4.69, 9.17) is 9.84 Å². The molecule has 21 heavy (non-hydrogen) atoms. The van der Waals surface area contributed by atoms with Gasteiger partial charge in [-0.3, -0.25) is 9.59 Å². The van der Waals surface area contributed by atoms with Crippen molar-refractivity contribution < 1.29 is 19.4 Å². The third-order valence-electron chi connectivity index (χ3n) is 3.53. The maximum atomic E-state index is 12.4. The van der Waals surface area contributed by atoms with E-state index in [2.05, 4.69) is 6.58 Å². The van der Waals surface area contributed by atoms with Crippen molar-refractivity contribution in [2.75, 3.05) is 19.7 Å². The van der Waals surface area contributed by atoms with Gasteiger partial charge in [-0.2, -0.15) is 0 Å². The molecule has 1 amide bonds. The molecule has 1 saturated heterocycles. The van der Waals surface area contributed by atoms with Gasteiger partial charge in [-0.05, 0) is 37.1 Å². The number of nitrogens with zero attached hydrogens (tertiary/aromatic N) is 1. The van der Waals surface area contributed by atoms with Gasteiger partial charge in [0.05, 0.1) is 5.92 Å². The second kappa shape index (κ2) is 6.92. The van der Waals surface area contributed by atoms with Crippen molar-refractivity contribution in [2.24, 2.45) is 5.92 Å². The first-order chi connectivity index (χ1) is 10.1. The molecule has 0 unspecified atom stereocenters. The van der Waals surface area contributed by atoms with E-state index in [1.165, 1.54) is 0 Å². The van der Waals surface area contributed by atoms with Gasteiger partial charge >= 0.3 is 5.97 Å². The molecule has 0 bridgehead atoms. The first-order valence-corrected chi connectivity index (χ1v) is 6.97. The normalized spacial score (nSPS) is 18.1. The Bertz CT molecular complexity index is 524. The SMILES string of the molecule is C=CCOc1ccc(C(=O)N2CCC[C@H](C(=O)O)C2)cc1. The van der Waals surface area contributed by atoms with Crippen molar-refractivity contribution in [3.8, 4) is 5.75 Å². The van der Waals surface area contributed by atoms with Gasteiger partial charge in [0.15, 0.2) is 0 Å². The zero-order valence-corrected chi connectivity index (χ0v) is 11.8. The van der Waals surface area contributed by atoms with Crippen molar-refractivity contribution in [2.45, 2.75) is 12.8 Å². The Labute approximate surface area is 123 Å². The van der Waals surface area contributed by atoms with Crippen LogP contribution < -0.4 is 4.74 Å². The van der Waals surface area contributed by atoms with Gasteiger partial charge < -0.3 is 14.7 Å². The van der Waals surface area contributed by atoms with Gasteiger partial charge in [0.25, 0.3) is 5.91 Å². The summed E-state index contributed by atoms with van der Waals surface area (Å²) in [6.45, 7) is 4.88. The molecule has 5 nitrogen and oxygen atoms in total. The van der Waals surface area contributed by atoms with E-state index in [1.807, 2.05) is 0 Å². The number of benzene rings is 1. The zero-order valence-electron chi connectivity index (χ0n) is 11.8. The lowest BCUT2D eigenvalue weighted by atomic mass is 9.97. The third kappa shape index (κ3) is 3.84. The van der Waals surface area contributed by atoms with Crippen LogP contribution in [0.1, 0.15) is 23.2 Å². The molecule has 5 heteroatoms. The van der Waals surface area contributed by atoms with E-state index in [9.17, 15) is 9.59 Å². The number of ether oxygens (including phenoxy) is 1. The summed E-state index contributed by atoms with van der Waals surface area (Å²) in [4.78, 5) is 25.0. The molecule has 0 aromatic heterocycles. The number of hydrogen-bond acceptors (Lipinski definition) is 3. The van der Waals surface area contributed by atoms with Gasteiger partial charge in [0.2, 0.25) is 0 Å². The lowest BCUT2D eigenvalue weighted by Gasteiger charge is -2.30. The fourth-order valence-electron chi connectivity index (χ4n) is 2.39. The average Bonchev–Trinajstić information content (AvgIpc) is 2.53. The number of piperidine rings is 1. The molecule has 0 spiro atoms. The molecule has 1 aromatic carbocycles. The average molecular weight is 289 g/mol. The zero-order chi connectivity index (χ0) is 15.2. The quantitative estimate of drug-likeness (QED) is 0.844. The number of carbonyl (C=O) groups excluding carboxylic acids is 1. The molecule has 2 rings (SSSR count). The molecule has 0 aliphatic carbocycles. The van der Waals surface area contributed by atoms with Crippen LogP contribution in [0, 0.1) is 5.92 Å². The maximum Gasteiger partial charge on any atom is 0.308 e. The standard InChI is InChI=1S/C16H19NO4/c1-2-10-21-14-7-5-12(6-8-14)15(18)17-9-3-4-13(11-17)16(19)20/h2,5-8,13H,1,3-4,9-11H2,(H,19,20)/t13-/m0/s1. The largest absolute Gasteiger partial charge is 0.490 e. The minimum atomic E-state index is -0.833. The summed E-state index contributed by atoms with van der Waals surface area (Å²) in [6, 6.07) is 6.86. The topological polar surface area (TPSA) is 66.8 Å². The first kappa shape index (κ1) is 15.1. The summed E-state index contributed by atoms with van der Waals surface area (Å²) in [5.74, 6) is -0.747. The predicted octanol–water partition coefficient (Wildman–Crippen LogP) is 2.19. The highest BCUT2D eigenvalue weighted by molar-refractivity contribution is 5.94. The molecule has 112 valence electrons. The number of aliphatic carboxylic acids is 1. The van der Waals surface area contributed by atoms with Gasteiger partial charge in [0, 0.05) is 18.7 Å². The van der Waals surface area contributed by atoms with Crippen molar-refractivity contribution in [1.29, 1.82) is 0 Å². The monoisotopic (exact) mass is 289 g/mol. The summed E-state index contributed by atoms with van der Waals surface area (Å²) in [5.41, 5.74) is 0.548. The summed E-state index contributed by atoms with van der Waals surface area (Å²) < 4.78 is 5.36. The molecular formula is C16H19NO4. The Kier molecular flexibility index (Phi) is 4.98. The van der Waals surface area contributed by atoms with Crippen molar-refractivity contribution in [3.05, 3.63) is 42.5 Å². The minimum absolute atomic E-state index is 0.128. The summed E-state index contributed by atoms with van der Waals surface area (Å²) in [7, 11) is 0. The van der Waals surface area contributed by atoms with Crippen molar-refractivity contribution in [1.82, 2.24) is 4.90 Å². The fraction of sp³-hybridized carbons (Fsp3) is 0.375. The Morgan fingerprint density at radius 3 is 2.71 bits per heavy atom. The van der Waals surface area contributed by atoms with E-state index in [0.29, 0.717) is 30.9 Å². The highest BCUT2D eigenvalue weighted by Gasteiger charge is 2.28. The van der Waals surface area contributed by atoms with Crippen LogP contribution in [0.3, 0.4) is 0 Å². The van der Waals surface area contributed by atoms with Gasteiger partial charge in [-0.25, -0.2) is 0 Å². The number of rotatable bonds is 5. The predicted molar refractivity (Wildman–Crippen MR) is 78.4 cm³/mol. The Hall–Kier alpha value is -2.30. The maximum absolute atomic E-state index is 12.4. The van der Waals surface area contributed by atoms with Crippen LogP contribution in [0.2, 0.25) is 0 Å². The number of amides is 1. The molecule has 1 N–H and O–H groups in total. The van der Waals surface area contributed by atoms with Crippen LogP contribution in [0.25, 0.3) is 0 Å². The van der Waals surface area contributed by atoms with Crippen LogP contribution in [0.15, 0.2) is 36.9 Å². The van der Waals surface area contributed by atoms with Gasteiger partial charge in [-0.1, -0.05) is 12.7 Å². The van der Waals surface area contributed by atoms with E-state index in [1.54, 1.807) is 35.2 Å². The van der Waals surface area contributed by atoms with E-state index in [0.717, 1.165) is 6.42 Å². The van der Waals surface area contributed by atoms with Crippen LogP contribution in [-0.2, 0) is 4.79 Å². The summed E-state index contributed by atoms with van der Waals surface area (Å²) in [5, 5.41) is 9.06. The molecule has 0 saturated carbocycles. The fourth-order valence-corrected chi connectivity index (χ4v) is 2.39. The third-order valence-corrected chi connectivity index (χ3v) is 3.53. The molecule has 1 atom stereocenters. The molecule has 1 fully saturated rings.